The van der Waals surface area contributed by atoms with Crippen molar-refractivity contribution in [1.82, 2.24) is 15.6 Å². The molecule has 0 aliphatic rings. The van der Waals surface area contributed by atoms with Crippen molar-refractivity contribution in [2.45, 2.75) is 19.9 Å². The summed E-state index contributed by atoms with van der Waals surface area (Å²) in [5.41, 5.74) is 1.44. The number of carbonyl (C=O) groups is 2. The van der Waals surface area contributed by atoms with E-state index < -0.39 is 0 Å². The standard InChI is InChI=1S/C16H19N3O3S/c1-2-22-16-12(4-3-7-18-16)10-19-14(20)5-8-17-15(21)13-6-9-23-11-13/h3-4,6-7,9,11H,2,5,8,10H2,1H3,(H,17,21)(H,19,20). The number of amides is 2. The molecule has 0 aliphatic carbocycles. The number of nitrogens with zero attached hydrogens (tertiary/aromatic N) is 1. The fourth-order valence-corrected chi connectivity index (χ4v) is 2.53. The summed E-state index contributed by atoms with van der Waals surface area (Å²) in [5, 5.41) is 9.12. The van der Waals surface area contributed by atoms with E-state index in [0.29, 0.717) is 31.1 Å². The van der Waals surface area contributed by atoms with Gasteiger partial charge >= 0.3 is 0 Å². The lowest BCUT2D eigenvalue weighted by atomic mass is 10.2. The third kappa shape index (κ3) is 5.37. The first kappa shape index (κ1) is 17.0. The minimum atomic E-state index is -0.162. The molecule has 2 rings (SSSR count). The van der Waals surface area contributed by atoms with E-state index in [1.165, 1.54) is 11.3 Å². The molecule has 0 unspecified atom stereocenters. The van der Waals surface area contributed by atoms with Crippen molar-refractivity contribution in [3.8, 4) is 5.88 Å². The number of rotatable bonds is 8. The van der Waals surface area contributed by atoms with E-state index in [0.717, 1.165) is 5.56 Å². The van der Waals surface area contributed by atoms with E-state index in [1.807, 2.05) is 18.4 Å². The SMILES string of the molecule is CCOc1ncccc1CNC(=O)CCNC(=O)c1ccsc1. The van der Waals surface area contributed by atoms with Gasteiger partial charge in [-0.15, -0.1) is 0 Å². The van der Waals surface area contributed by atoms with Crippen LogP contribution in [-0.2, 0) is 11.3 Å². The van der Waals surface area contributed by atoms with E-state index in [-0.39, 0.29) is 18.2 Å². The molecular formula is C16H19N3O3S. The molecule has 0 spiro atoms. The van der Waals surface area contributed by atoms with Crippen LogP contribution in [0.5, 0.6) is 5.88 Å². The van der Waals surface area contributed by atoms with Crippen LogP contribution in [0.2, 0.25) is 0 Å². The molecule has 0 saturated carbocycles. The van der Waals surface area contributed by atoms with Crippen LogP contribution >= 0.6 is 11.3 Å². The van der Waals surface area contributed by atoms with Crippen molar-refractivity contribution in [1.29, 1.82) is 0 Å². The number of nitrogens with one attached hydrogen (secondary N) is 2. The summed E-state index contributed by atoms with van der Waals surface area (Å²) < 4.78 is 5.40. The Hall–Kier alpha value is -2.41. The van der Waals surface area contributed by atoms with E-state index in [2.05, 4.69) is 15.6 Å². The minimum Gasteiger partial charge on any atom is -0.478 e. The highest BCUT2D eigenvalue weighted by molar-refractivity contribution is 7.08. The molecule has 0 fully saturated rings. The van der Waals surface area contributed by atoms with Gasteiger partial charge in [0.2, 0.25) is 11.8 Å². The lowest BCUT2D eigenvalue weighted by Gasteiger charge is -2.10. The molecule has 2 aromatic rings. The average molecular weight is 333 g/mol. The third-order valence-corrected chi connectivity index (χ3v) is 3.71. The number of aromatic nitrogens is 1. The summed E-state index contributed by atoms with van der Waals surface area (Å²) in [6, 6.07) is 5.40. The van der Waals surface area contributed by atoms with Gasteiger partial charge in [-0.2, -0.15) is 11.3 Å². The molecule has 0 aromatic carbocycles. The normalized spacial score (nSPS) is 10.1. The maximum absolute atomic E-state index is 11.8. The number of hydrogen-bond acceptors (Lipinski definition) is 5. The minimum absolute atomic E-state index is 0.137. The molecule has 0 atom stereocenters. The van der Waals surface area contributed by atoms with Gasteiger partial charge in [-0.1, -0.05) is 6.07 Å². The number of carbonyl (C=O) groups excluding carboxylic acids is 2. The van der Waals surface area contributed by atoms with Crippen molar-refractivity contribution in [2.75, 3.05) is 13.2 Å². The molecule has 2 aromatic heterocycles. The first-order valence-corrected chi connectivity index (χ1v) is 8.28. The van der Waals surface area contributed by atoms with Crippen molar-refractivity contribution >= 4 is 23.2 Å². The maximum Gasteiger partial charge on any atom is 0.252 e. The monoisotopic (exact) mass is 333 g/mol. The van der Waals surface area contributed by atoms with Gasteiger partial charge in [0.1, 0.15) is 0 Å². The van der Waals surface area contributed by atoms with E-state index in [4.69, 9.17) is 4.74 Å². The van der Waals surface area contributed by atoms with Crippen LogP contribution in [0.25, 0.3) is 0 Å². The second-order valence-electron chi connectivity index (χ2n) is 4.70. The van der Waals surface area contributed by atoms with E-state index in [1.54, 1.807) is 23.7 Å². The lowest BCUT2D eigenvalue weighted by Crippen LogP contribution is -2.30. The van der Waals surface area contributed by atoms with Gasteiger partial charge in [-0.05, 0) is 24.4 Å². The summed E-state index contributed by atoms with van der Waals surface area (Å²) in [5.74, 6) is 0.230. The predicted octanol–water partition coefficient (Wildman–Crippen LogP) is 1.98. The summed E-state index contributed by atoms with van der Waals surface area (Å²) >= 11 is 1.46. The van der Waals surface area contributed by atoms with Crippen LogP contribution < -0.4 is 15.4 Å². The smallest absolute Gasteiger partial charge is 0.252 e. The Kier molecular flexibility index (Phi) is 6.56. The second kappa shape index (κ2) is 8.89. The van der Waals surface area contributed by atoms with Crippen LogP contribution in [0, 0.1) is 0 Å². The molecule has 0 aliphatic heterocycles. The van der Waals surface area contributed by atoms with E-state index in [9.17, 15) is 9.59 Å². The molecule has 7 heteroatoms. The molecule has 2 heterocycles. The number of hydrogen-bond donors (Lipinski definition) is 2. The number of ether oxygens (including phenoxy) is 1. The molecule has 0 bridgehead atoms. The second-order valence-corrected chi connectivity index (χ2v) is 5.48. The van der Waals surface area contributed by atoms with Crippen LogP contribution in [-0.4, -0.2) is 29.9 Å². The Bertz CT molecular complexity index is 644. The van der Waals surface area contributed by atoms with Crippen LogP contribution in [0.1, 0.15) is 29.3 Å². The van der Waals surface area contributed by atoms with Crippen molar-refractivity contribution in [2.24, 2.45) is 0 Å². The van der Waals surface area contributed by atoms with Crippen LogP contribution in [0.4, 0.5) is 0 Å². The molecule has 6 nitrogen and oxygen atoms in total. The Labute approximate surface area is 138 Å². The highest BCUT2D eigenvalue weighted by Gasteiger charge is 2.08. The summed E-state index contributed by atoms with van der Waals surface area (Å²) in [6.07, 6.45) is 1.87. The molecular weight excluding hydrogens is 314 g/mol. The summed E-state index contributed by atoms with van der Waals surface area (Å²) in [7, 11) is 0. The number of thiophene rings is 1. The quantitative estimate of drug-likeness (QED) is 0.774. The zero-order valence-corrected chi connectivity index (χ0v) is 13.7. The molecule has 0 saturated heterocycles. The van der Waals surface area contributed by atoms with Gasteiger partial charge < -0.3 is 15.4 Å². The lowest BCUT2D eigenvalue weighted by molar-refractivity contribution is -0.121. The first-order chi connectivity index (χ1) is 11.2. The van der Waals surface area contributed by atoms with Gasteiger partial charge in [0.05, 0.1) is 6.61 Å². The highest BCUT2D eigenvalue weighted by atomic mass is 32.1. The summed E-state index contributed by atoms with van der Waals surface area (Å²) in [4.78, 5) is 27.7. The predicted molar refractivity (Wildman–Crippen MR) is 88.5 cm³/mol. The summed E-state index contributed by atoms with van der Waals surface area (Å²) in [6.45, 7) is 3.05. The third-order valence-electron chi connectivity index (χ3n) is 3.03. The zero-order chi connectivity index (χ0) is 16.5. The number of pyridine rings is 1. The largest absolute Gasteiger partial charge is 0.478 e. The average Bonchev–Trinajstić information content (AvgIpc) is 3.09. The van der Waals surface area contributed by atoms with Gasteiger partial charge in [-0.3, -0.25) is 9.59 Å². The van der Waals surface area contributed by atoms with Gasteiger partial charge in [0.25, 0.3) is 5.91 Å². The van der Waals surface area contributed by atoms with E-state index >= 15 is 0 Å². The van der Waals surface area contributed by atoms with Crippen molar-refractivity contribution in [3.63, 3.8) is 0 Å². The highest BCUT2D eigenvalue weighted by Crippen LogP contribution is 2.13. The Morgan fingerprint density at radius 2 is 2.17 bits per heavy atom. The fraction of sp³-hybridized carbons (Fsp3) is 0.312. The Morgan fingerprint density at radius 3 is 2.91 bits per heavy atom. The van der Waals surface area contributed by atoms with Crippen molar-refractivity contribution < 1.29 is 14.3 Å². The van der Waals surface area contributed by atoms with Crippen molar-refractivity contribution in [3.05, 3.63) is 46.3 Å². The first-order valence-electron chi connectivity index (χ1n) is 7.34. The molecule has 2 amide bonds. The Morgan fingerprint density at radius 1 is 1.30 bits per heavy atom. The molecule has 122 valence electrons. The molecule has 23 heavy (non-hydrogen) atoms. The fourth-order valence-electron chi connectivity index (χ4n) is 1.89. The van der Waals surface area contributed by atoms with Crippen LogP contribution in [0.15, 0.2) is 35.2 Å². The zero-order valence-electron chi connectivity index (χ0n) is 12.9. The maximum atomic E-state index is 11.8. The van der Waals surface area contributed by atoms with Gasteiger partial charge in [0, 0.05) is 42.2 Å². The molecule has 2 N–H and O–H groups in total. The Balaban J connectivity index is 1.72. The van der Waals surface area contributed by atoms with Gasteiger partial charge in [0.15, 0.2) is 0 Å². The topological polar surface area (TPSA) is 80.3 Å². The van der Waals surface area contributed by atoms with Crippen LogP contribution in [0.3, 0.4) is 0 Å². The molecule has 0 radical (unpaired) electrons. The van der Waals surface area contributed by atoms with Gasteiger partial charge in [-0.25, -0.2) is 4.98 Å².